The summed E-state index contributed by atoms with van der Waals surface area (Å²) in [5.74, 6) is -1.01. The highest BCUT2D eigenvalue weighted by atomic mass is 16.5. The fourth-order valence-electron chi connectivity index (χ4n) is 1.72. The summed E-state index contributed by atoms with van der Waals surface area (Å²) in [5, 5.41) is 12.4. The molecule has 2 aromatic rings. The third kappa shape index (κ3) is 4.85. The Labute approximate surface area is 132 Å². The molecule has 0 radical (unpaired) electrons. The van der Waals surface area contributed by atoms with Crippen molar-refractivity contribution in [2.75, 3.05) is 12.3 Å². The number of rotatable bonds is 6. The summed E-state index contributed by atoms with van der Waals surface area (Å²) in [6.07, 6.45) is 1.46. The molecular formula is C16H15N3O4. The largest absolute Gasteiger partial charge is 0.482 e. The molecule has 0 aliphatic carbocycles. The molecule has 0 spiro atoms. The number of nitrogens with two attached hydrogens (primary N) is 1. The van der Waals surface area contributed by atoms with Gasteiger partial charge >= 0.3 is 5.97 Å². The van der Waals surface area contributed by atoms with Gasteiger partial charge in [-0.05, 0) is 42.0 Å². The number of hydrazone groups is 1. The maximum atomic E-state index is 11.9. The van der Waals surface area contributed by atoms with Crippen LogP contribution in [0.1, 0.15) is 15.9 Å². The van der Waals surface area contributed by atoms with Crippen molar-refractivity contribution >= 4 is 23.8 Å². The molecule has 0 saturated heterocycles. The summed E-state index contributed by atoms with van der Waals surface area (Å²) in [6.45, 7) is -0.401. The molecule has 4 N–H and O–H groups in total. The van der Waals surface area contributed by atoms with Crippen molar-refractivity contribution in [2.24, 2.45) is 5.10 Å². The van der Waals surface area contributed by atoms with E-state index >= 15 is 0 Å². The number of amides is 1. The van der Waals surface area contributed by atoms with Gasteiger partial charge in [-0.2, -0.15) is 5.10 Å². The molecule has 0 aromatic heterocycles. The molecule has 118 valence electrons. The first kappa shape index (κ1) is 16.0. The second-order valence-electron chi connectivity index (χ2n) is 4.54. The molecule has 2 aromatic carbocycles. The van der Waals surface area contributed by atoms with Gasteiger partial charge in [-0.3, -0.25) is 4.79 Å². The van der Waals surface area contributed by atoms with Crippen LogP contribution in [0.5, 0.6) is 5.75 Å². The van der Waals surface area contributed by atoms with E-state index in [0.717, 1.165) is 0 Å². The lowest BCUT2D eigenvalue weighted by molar-refractivity contribution is -0.139. The molecule has 1 amide bonds. The van der Waals surface area contributed by atoms with E-state index in [1.807, 2.05) is 0 Å². The van der Waals surface area contributed by atoms with E-state index < -0.39 is 18.5 Å². The molecule has 0 fully saturated rings. The van der Waals surface area contributed by atoms with Crippen LogP contribution in [0.4, 0.5) is 5.69 Å². The normalized spacial score (nSPS) is 10.4. The molecule has 7 heteroatoms. The van der Waals surface area contributed by atoms with Crippen LogP contribution in [-0.2, 0) is 4.79 Å². The summed E-state index contributed by atoms with van der Waals surface area (Å²) >= 11 is 0. The Balaban J connectivity index is 1.92. The van der Waals surface area contributed by atoms with Crippen molar-refractivity contribution in [3.8, 4) is 5.75 Å². The van der Waals surface area contributed by atoms with Crippen LogP contribution in [0.25, 0.3) is 0 Å². The van der Waals surface area contributed by atoms with Gasteiger partial charge in [-0.15, -0.1) is 0 Å². The molecular weight excluding hydrogens is 298 g/mol. The monoisotopic (exact) mass is 313 g/mol. The smallest absolute Gasteiger partial charge is 0.341 e. The highest BCUT2D eigenvalue weighted by Gasteiger charge is 2.06. The molecule has 0 saturated carbocycles. The van der Waals surface area contributed by atoms with Crippen molar-refractivity contribution in [1.82, 2.24) is 5.43 Å². The number of para-hydroxylation sites is 1. The van der Waals surface area contributed by atoms with Crippen LogP contribution in [0.15, 0.2) is 53.6 Å². The van der Waals surface area contributed by atoms with Crippen LogP contribution < -0.4 is 15.9 Å². The first-order valence-corrected chi connectivity index (χ1v) is 6.69. The summed E-state index contributed by atoms with van der Waals surface area (Å²) in [5.41, 5.74) is 9.53. The molecule has 2 rings (SSSR count). The Kier molecular flexibility index (Phi) is 5.30. The zero-order chi connectivity index (χ0) is 16.7. The number of carboxylic acid groups (broad SMARTS) is 1. The predicted molar refractivity (Wildman–Crippen MR) is 85.5 cm³/mol. The number of carboxylic acids is 1. The number of benzene rings is 2. The van der Waals surface area contributed by atoms with Crippen LogP contribution in [-0.4, -0.2) is 29.8 Å². The highest BCUT2D eigenvalue weighted by molar-refractivity contribution is 5.99. The number of ether oxygens (including phenoxy) is 1. The second-order valence-corrected chi connectivity index (χ2v) is 4.54. The minimum absolute atomic E-state index is 0.349. The van der Waals surface area contributed by atoms with Crippen molar-refractivity contribution in [2.45, 2.75) is 0 Å². The van der Waals surface area contributed by atoms with Crippen molar-refractivity contribution in [3.63, 3.8) is 0 Å². The number of nitrogen functional groups attached to an aromatic ring is 1. The van der Waals surface area contributed by atoms with Crippen molar-refractivity contribution in [1.29, 1.82) is 0 Å². The standard InChI is InChI=1S/C16H15N3O4/c17-14-4-2-1-3-13(14)16(22)19-18-9-11-5-7-12(8-6-11)23-10-15(20)21/h1-9H,10,17H2,(H,19,22)(H,20,21)/b18-9-. The first-order valence-electron chi connectivity index (χ1n) is 6.69. The summed E-state index contributed by atoms with van der Waals surface area (Å²) in [7, 11) is 0. The third-order valence-electron chi connectivity index (χ3n) is 2.83. The minimum Gasteiger partial charge on any atom is -0.482 e. The van der Waals surface area contributed by atoms with Crippen molar-refractivity contribution < 1.29 is 19.4 Å². The van der Waals surface area contributed by atoms with Gasteiger partial charge in [-0.1, -0.05) is 12.1 Å². The average molecular weight is 313 g/mol. The molecule has 0 atom stereocenters. The molecule has 0 aliphatic rings. The minimum atomic E-state index is -1.04. The lowest BCUT2D eigenvalue weighted by Crippen LogP contribution is -2.18. The van der Waals surface area contributed by atoms with E-state index in [9.17, 15) is 9.59 Å². The number of carbonyl (C=O) groups is 2. The molecule has 23 heavy (non-hydrogen) atoms. The molecule has 0 aliphatic heterocycles. The van der Waals surface area contributed by atoms with Gasteiger partial charge in [0, 0.05) is 5.69 Å². The van der Waals surface area contributed by atoms with Crippen LogP contribution in [0.2, 0.25) is 0 Å². The average Bonchev–Trinajstić information content (AvgIpc) is 2.54. The Hall–Kier alpha value is -3.35. The van der Waals surface area contributed by atoms with Crippen LogP contribution in [0.3, 0.4) is 0 Å². The van der Waals surface area contributed by atoms with Gasteiger partial charge in [-0.25, -0.2) is 10.2 Å². The number of hydrogen-bond acceptors (Lipinski definition) is 5. The SMILES string of the molecule is Nc1ccccc1C(=O)N/N=C\c1ccc(OCC(=O)O)cc1. The Morgan fingerprint density at radius 2 is 1.87 bits per heavy atom. The maximum absolute atomic E-state index is 11.9. The van der Waals surface area contributed by atoms with Crippen LogP contribution in [0, 0.1) is 0 Å². The van der Waals surface area contributed by atoms with E-state index in [0.29, 0.717) is 22.6 Å². The maximum Gasteiger partial charge on any atom is 0.341 e. The molecule has 7 nitrogen and oxygen atoms in total. The van der Waals surface area contributed by atoms with E-state index in [1.54, 1.807) is 48.5 Å². The van der Waals surface area contributed by atoms with Gasteiger partial charge < -0.3 is 15.6 Å². The van der Waals surface area contributed by atoms with E-state index in [2.05, 4.69) is 10.5 Å². The Morgan fingerprint density at radius 1 is 1.17 bits per heavy atom. The highest BCUT2D eigenvalue weighted by Crippen LogP contribution is 2.11. The van der Waals surface area contributed by atoms with E-state index in [-0.39, 0.29) is 0 Å². The second kappa shape index (κ2) is 7.60. The van der Waals surface area contributed by atoms with E-state index in [1.165, 1.54) is 6.21 Å². The first-order chi connectivity index (χ1) is 11.1. The molecule has 0 heterocycles. The summed E-state index contributed by atoms with van der Waals surface area (Å²) < 4.78 is 5.01. The topological polar surface area (TPSA) is 114 Å². The zero-order valence-corrected chi connectivity index (χ0v) is 12.1. The fourth-order valence-corrected chi connectivity index (χ4v) is 1.72. The van der Waals surface area contributed by atoms with Crippen LogP contribution >= 0.6 is 0 Å². The lowest BCUT2D eigenvalue weighted by atomic mass is 10.2. The number of anilines is 1. The number of nitrogens with zero attached hydrogens (tertiary/aromatic N) is 1. The quantitative estimate of drug-likeness (QED) is 0.425. The molecule has 0 bridgehead atoms. The fraction of sp³-hybridized carbons (Fsp3) is 0.0625. The van der Waals surface area contributed by atoms with Gasteiger partial charge in [0.05, 0.1) is 11.8 Å². The predicted octanol–water partition coefficient (Wildman–Crippen LogP) is 1.50. The Bertz CT molecular complexity index is 726. The number of nitrogens with one attached hydrogen (secondary N) is 1. The Morgan fingerprint density at radius 3 is 2.52 bits per heavy atom. The third-order valence-corrected chi connectivity index (χ3v) is 2.83. The molecule has 0 unspecified atom stereocenters. The zero-order valence-electron chi connectivity index (χ0n) is 12.1. The van der Waals surface area contributed by atoms with Gasteiger partial charge in [0.1, 0.15) is 5.75 Å². The van der Waals surface area contributed by atoms with Crippen molar-refractivity contribution in [3.05, 3.63) is 59.7 Å². The number of aliphatic carboxylic acids is 1. The summed E-state index contributed by atoms with van der Waals surface area (Å²) in [6, 6.07) is 13.3. The van der Waals surface area contributed by atoms with Gasteiger partial charge in [0.2, 0.25) is 0 Å². The van der Waals surface area contributed by atoms with Gasteiger partial charge in [0.25, 0.3) is 5.91 Å². The number of carbonyl (C=O) groups excluding carboxylic acids is 1. The van der Waals surface area contributed by atoms with E-state index in [4.69, 9.17) is 15.6 Å². The summed E-state index contributed by atoms with van der Waals surface area (Å²) in [4.78, 5) is 22.3. The lowest BCUT2D eigenvalue weighted by Gasteiger charge is -2.04. The number of hydrogen-bond donors (Lipinski definition) is 3. The van der Waals surface area contributed by atoms with Gasteiger partial charge in [0.15, 0.2) is 6.61 Å².